The van der Waals surface area contributed by atoms with Crippen molar-refractivity contribution in [2.75, 3.05) is 0 Å². The zero-order chi connectivity index (χ0) is 3.58. The van der Waals surface area contributed by atoms with Gasteiger partial charge in [-0.15, -0.1) is 0 Å². The Kier molecular flexibility index (Phi) is 51.2. The summed E-state index contributed by atoms with van der Waals surface area (Å²) < 4.78 is 0. The van der Waals surface area contributed by atoms with Crippen molar-refractivity contribution in [2.45, 2.75) is 0 Å². The minimum absolute atomic E-state index is 0. The van der Waals surface area contributed by atoms with Crippen LogP contribution in [0.2, 0.25) is 0 Å². The molecule has 0 spiro atoms. The third-order valence-electron chi connectivity index (χ3n) is 0. The average Bonchev–Trinajstić information content (AvgIpc) is 0.811. The minimum atomic E-state index is 0. The number of hydrogen-bond acceptors (Lipinski definition) is 1. The van der Waals surface area contributed by atoms with Gasteiger partial charge in [0.05, 0.1) is 0 Å². The predicted molar refractivity (Wildman–Crippen MR) is 38.2 cm³/mol. The second-order valence-corrected chi connectivity index (χ2v) is 0.874. The van der Waals surface area contributed by atoms with Crippen LogP contribution in [0.25, 0.3) is 0 Å². The standard InChI is InChI=1S/CH4N2S.3Na/c2-1(3)4;;;/h(H4,2,3,4);;;. The van der Waals surface area contributed by atoms with Crippen LogP contribution >= 0.6 is 12.2 Å². The SMILES string of the molecule is NC(N)=S.[Na].[Na].[Na]. The van der Waals surface area contributed by atoms with Crippen molar-refractivity contribution in [3.8, 4) is 0 Å². The van der Waals surface area contributed by atoms with E-state index in [0.717, 1.165) is 0 Å². The fourth-order valence-electron chi connectivity index (χ4n) is 0. The first-order valence-electron chi connectivity index (χ1n) is 0.781. The molecule has 2 nitrogen and oxygen atoms in total. The van der Waals surface area contributed by atoms with E-state index in [0.29, 0.717) is 0 Å². The first-order chi connectivity index (χ1) is 1.73. The molecule has 0 atom stereocenters. The quantitative estimate of drug-likeness (QED) is 0.307. The normalized spacial score (nSPS) is 3.43. The summed E-state index contributed by atoms with van der Waals surface area (Å²) in [4.78, 5) is 0. The summed E-state index contributed by atoms with van der Waals surface area (Å²) in [5.41, 5.74) is 9.24. The fourth-order valence-corrected chi connectivity index (χ4v) is 0. The van der Waals surface area contributed by atoms with Gasteiger partial charge in [0.1, 0.15) is 0 Å². The molecule has 4 N–H and O–H groups in total. The monoisotopic (exact) mass is 145 g/mol. The zero-order valence-corrected chi connectivity index (χ0v) is 11.9. The molecule has 27 valence electrons. The fraction of sp³-hybridized carbons (Fsp3) is 0. The van der Waals surface area contributed by atoms with Gasteiger partial charge in [0.25, 0.3) is 0 Å². The summed E-state index contributed by atoms with van der Waals surface area (Å²) in [5, 5.41) is 0.000000000000000222. The van der Waals surface area contributed by atoms with Crippen LogP contribution in [-0.4, -0.2) is 93.8 Å². The molecule has 0 aliphatic carbocycles. The average molecular weight is 145 g/mol. The maximum atomic E-state index is 4.62. The molecule has 0 aliphatic rings. The van der Waals surface area contributed by atoms with E-state index in [4.69, 9.17) is 0 Å². The van der Waals surface area contributed by atoms with Crippen molar-refractivity contribution in [2.24, 2.45) is 11.5 Å². The maximum absolute atomic E-state index is 4.62. The van der Waals surface area contributed by atoms with Crippen molar-refractivity contribution in [3.05, 3.63) is 0 Å². The molecule has 0 aromatic heterocycles. The molecule has 3 radical (unpaired) electrons. The van der Waals surface area contributed by atoms with Gasteiger partial charge >= 0.3 is 0 Å². The van der Waals surface area contributed by atoms with Crippen LogP contribution < -0.4 is 11.5 Å². The molecule has 0 rings (SSSR count). The molecule has 6 heteroatoms. The van der Waals surface area contributed by atoms with Crippen LogP contribution in [0.5, 0.6) is 0 Å². The van der Waals surface area contributed by atoms with Gasteiger partial charge in [-0.05, 0) is 12.2 Å². The van der Waals surface area contributed by atoms with Gasteiger partial charge in [0, 0.05) is 88.7 Å². The van der Waals surface area contributed by atoms with Crippen LogP contribution in [0.3, 0.4) is 0 Å². The van der Waals surface area contributed by atoms with Crippen LogP contribution in [0.1, 0.15) is 0 Å². The molecule has 0 aromatic carbocycles. The second kappa shape index (κ2) is 15.9. The Hall–Kier alpha value is 2.69. The van der Waals surface area contributed by atoms with E-state index in [1.165, 1.54) is 0 Å². The number of rotatable bonds is 0. The van der Waals surface area contributed by atoms with Crippen LogP contribution in [0.4, 0.5) is 0 Å². The molecular formula is CH4N2Na3S. The molecule has 0 bridgehead atoms. The molecular weight excluding hydrogens is 141 g/mol. The molecule has 0 saturated carbocycles. The third kappa shape index (κ3) is 53.7. The molecule has 0 heterocycles. The summed E-state index contributed by atoms with van der Waals surface area (Å²) in [7, 11) is 0. The Morgan fingerprint density at radius 2 is 1.00 bits per heavy atom. The molecule has 0 aromatic rings. The van der Waals surface area contributed by atoms with Crippen LogP contribution in [-0.2, 0) is 0 Å². The summed E-state index contributed by atoms with van der Waals surface area (Å²) in [6.45, 7) is 0. The van der Waals surface area contributed by atoms with Gasteiger partial charge in [-0.2, -0.15) is 0 Å². The van der Waals surface area contributed by atoms with Gasteiger partial charge in [-0.3, -0.25) is 0 Å². The summed E-state index contributed by atoms with van der Waals surface area (Å²) in [5.74, 6) is 0. The Bertz CT molecular complexity index is 35.9. The van der Waals surface area contributed by atoms with Gasteiger partial charge in [0.2, 0.25) is 0 Å². The van der Waals surface area contributed by atoms with Crippen LogP contribution in [0.15, 0.2) is 0 Å². The first-order valence-corrected chi connectivity index (χ1v) is 1.19. The van der Waals surface area contributed by atoms with E-state index < -0.39 is 0 Å². The van der Waals surface area contributed by atoms with Gasteiger partial charge in [-0.1, -0.05) is 0 Å². The van der Waals surface area contributed by atoms with E-state index in [9.17, 15) is 0 Å². The van der Waals surface area contributed by atoms with E-state index in [2.05, 4.69) is 23.7 Å². The number of hydrogen-bond donors (Lipinski definition) is 2. The van der Waals surface area contributed by atoms with Crippen molar-refractivity contribution >= 4 is 106 Å². The van der Waals surface area contributed by atoms with Gasteiger partial charge < -0.3 is 11.5 Å². The maximum Gasteiger partial charge on any atom is 0.160 e. The zero-order valence-electron chi connectivity index (χ0n) is 5.06. The molecule has 0 unspecified atom stereocenters. The molecule has 0 saturated heterocycles. The Labute approximate surface area is 115 Å². The predicted octanol–water partition coefficient (Wildman–Crippen LogP) is -1.95. The molecule has 7 heavy (non-hydrogen) atoms. The van der Waals surface area contributed by atoms with Crippen molar-refractivity contribution in [1.29, 1.82) is 0 Å². The Morgan fingerprint density at radius 1 is 1.00 bits per heavy atom. The summed E-state index contributed by atoms with van der Waals surface area (Å²) in [6.07, 6.45) is 0. The van der Waals surface area contributed by atoms with E-state index in [1.807, 2.05) is 0 Å². The van der Waals surface area contributed by atoms with Gasteiger partial charge in [0.15, 0.2) is 5.11 Å². The second-order valence-electron chi connectivity index (χ2n) is 0.402. The van der Waals surface area contributed by atoms with Crippen molar-refractivity contribution in [3.63, 3.8) is 0 Å². The third-order valence-corrected chi connectivity index (χ3v) is 0. The van der Waals surface area contributed by atoms with Gasteiger partial charge in [-0.25, -0.2) is 0 Å². The Morgan fingerprint density at radius 3 is 1.00 bits per heavy atom. The van der Waals surface area contributed by atoms with E-state index in [-0.39, 0.29) is 93.8 Å². The first kappa shape index (κ1) is 22.6. The smallest absolute Gasteiger partial charge is 0.160 e. The topological polar surface area (TPSA) is 52.0 Å². The van der Waals surface area contributed by atoms with E-state index >= 15 is 0 Å². The summed E-state index contributed by atoms with van der Waals surface area (Å²) >= 11 is 4.09. The minimum Gasteiger partial charge on any atom is -0.377 e. The Balaban J connectivity index is -0.0000000150. The van der Waals surface area contributed by atoms with Crippen LogP contribution in [0, 0.1) is 0 Å². The molecule has 0 amide bonds. The largest absolute Gasteiger partial charge is 0.377 e. The summed E-state index contributed by atoms with van der Waals surface area (Å²) in [6, 6.07) is 0. The van der Waals surface area contributed by atoms with Crippen molar-refractivity contribution in [1.82, 2.24) is 0 Å². The van der Waals surface area contributed by atoms with E-state index in [1.54, 1.807) is 0 Å². The number of nitrogens with two attached hydrogens (primary N) is 2. The number of thiocarbonyl (C=S) groups is 1. The molecule has 0 aliphatic heterocycles. The molecule has 0 fully saturated rings. The van der Waals surface area contributed by atoms with Crippen molar-refractivity contribution < 1.29 is 0 Å².